The van der Waals surface area contributed by atoms with Gasteiger partial charge in [0.2, 0.25) is 0 Å². The molecule has 3 aromatic rings. The molecule has 1 aromatic carbocycles. The summed E-state index contributed by atoms with van der Waals surface area (Å²) in [6.07, 6.45) is -8.78. The van der Waals surface area contributed by atoms with Crippen LogP contribution in [0.4, 0.5) is 32.0 Å². The van der Waals surface area contributed by atoms with E-state index in [0.717, 1.165) is 12.1 Å². The number of hydrogen-bond donors (Lipinski definition) is 1. The third-order valence-electron chi connectivity index (χ3n) is 3.40. The summed E-state index contributed by atoms with van der Waals surface area (Å²) in [6, 6.07) is 7.48. The first-order valence-electron chi connectivity index (χ1n) is 7.25. The van der Waals surface area contributed by atoms with Gasteiger partial charge in [0, 0.05) is 11.8 Å². The molecule has 0 saturated heterocycles. The summed E-state index contributed by atoms with van der Waals surface area (Å²) < 4.78 is 82.4. The van der Waals surface area contributed by atoms with Crippen LogP contribution in [-0.2, 0) is 12.4 Å². The van der Waals surface area contributed by atoms with E-state index in [2.05, 4.69) is 10.4 Å². The lowest BCUT2D eigenvalue weighted by Crippen LogP contribution is -2.14. The first kappa shape index (κ1) is 18.5. The minimum atomic E-state index is -5.04. The molecular weight excluding hydrogens is 380 g/mol. The summed E-state index contributed by atoms with van der Waals surface area (Å²) in [6.45, 7) is 0. The number of anilines is 1. The van der Waals surface area contributed by atoms with Gasteiger partial charge in [0.1, 0.15) is 5.69 Å². The van der Waals surface area contributed by atoms with Crippen molar-refractivity contribution in [1.82, 2.24) is 9.78 Å². The molecule has 1 amide bonds. The van der Waals surface area contributed by atoms with Gasteiger partial charge in [0.15, 0.2) is 11.5 Å². The molecule has 11 heteroatoms. The highest BCUT2D eigenvalue weighted by atomic mass is 19.4. The van der Waals surface area contributed by atoms with Gasteiger partial charge in [-0.15, -0.1) is 0 Å². The van der Waals surface area contributed by atoms with Crippen molar-refractivity contribution in [3.63, 3.8) is 0 Å². The molecular formula is C16H9F6N3O2. The van der Waals surface area contributed by atoms with E-state index >= 15 is 0 Å². The van der Waals surface area contributed by atoms with E-state index in [9.17, 15) is 31.1 Å². The molecule has 0 aliphatic heterocycles. The lowest BCUT2D eigenvalue weighted by Gasteiger charge is -2.11. The first-order chi connectivity index (χ1) is 12.6. The average molecular weight is 389 g/mol. The molecule has 5 nitrogen and oxygen atoms in total. The van der Waals surface area contributed by atoms with Gasteiger partial charge in [-0.3, -0.25) is 4.79 Å². The number of hydrogen-bond acceptors (Lipinski definition) is 3. The molecule has 0 fully saturated rings. The summed E-state index contributed by atoms with van der Waals surface area (Å²) in [4.78, 5) is 11.8. The number of carbonyl (C=O) groups excluding carboxylic acids is 1. The maximum atomic E-state index is 13.0. The smallest absolute Gasteiger partial charge is 0.435 e. The number of rotatable bonds is 3. The summed E-state index contributed by atoms with van der Waals surface area (Å²) >= 11 is 0. The van der Waals surface area contributed by atoms with Crippen molar-refractivity contribution in [3.8, 4) is 5.69 Å². The monoisotopic (exact) mass is 389 g/mol. The second kappa shape index (κ2) is 6.49. The number of aromatic nitrogens is 2. The van der Waals surface area contributed by atoms with E-state index in [1.165, 1.54) is 30.5 Å². The number of carbonyl (C=O) groups is 1. The fourth-order valence-corrected chi connectivity index (χ4v) is 2.20. The number of nitrogens with one attached hydrogen (secondary N) is 1. The predicted molar refractivity (Wildman–Crippen MR) is 80.2 cm³/mol. The average Bonchev–Trinajstić information content (AvgIpc) is 3.24. The van der Waals surface area contributed by atoms with E-state index < -0.39 is 29.6 Å². The van der Waals surface area contributed by atoms with Gasteiger partial charge < -0.3 is 9.73 Å². The molecule has 3 rings (SSSR count). The Morgan fingerprint density at radius 3 is 2.19 bits per heavy atom. The van der Waals surface area contributed by atoms with Crippen LogP contribution in [0, 0.1) is 0 Å². The standard InChI is InChI=1S/C16H9F6N3O2/c17-15(18,19)12-8-13(16(20,21)22)25(24-12)10-5-3-9(4-6-10)23-14(26)11-2-1-7-27-11/h1-8H,(H,23,26). The van der Waals surface area contributed by atoms with E-state index in [4.69, 9.17) is 4.42 Å². The molecule has 0 aliphatic carbocycles. The number of halogens is 6. The highest BCUT2D eigenvalue weighted by Crippen LogP contribution is 2.36. The Labute approximate surface area is 147 Å². The first-order valence-corrected chi connectivity index (χ1v) is 7.25. The Balaban J connectivity index is 1.91. The molecule has 0 radical (unpaired) electrons. The largest absolute Gasteiger partial charge is 0.459 e. The fourth-order valence-electron chi connectivity index (χ4n) is 2.20. The van der Waals surface area contributed by atoms with E-state index in [1.807, 2.05) is 0 Å². The van der Waals surface area contributed by atoms with E-state index in [0.29, 0.717) is 0 Å². The van der Waals surface area contributed by atoms with Crippen LogP contribution in [-0.4, -0.2) is 15.7 Å². The van der Waals surface area contributed by atoms with Crippen molar-refractivity contribution in [2.75, 3.05) is 5.32 Å². The fraction of sp³-hybridized carbons (Fsp3) is 0.125. The zero-order valence-electron chi connectivity index (χ0n) is 13.1. The molecule has 2 heterocycles. The minimum absolute atomic E-state index is 0.0142. The molecule has 2 aromatic heterocycles. The molecule has 0 unspecified atom stereocenters. The van der Waals surface area contributed by atoms with Crippen molar-refractivity contribution in [3.05, 3.63) is 65.9 Å². The minimum Gasteiger partial charge on any atom is -0.459 e. The summed E-state index contributed by atoms with van der Waals surface area (Å²) in [5.74, 6) is -0.581. The zero-order valence-corrected chi connectivity index (χ0v) is 13.1. The van der Waals surface area contributed by atoms with Crippen LogP contribution < -0.4 is 5.32 Å². The van der Waals surface area contributed by atoms with Gasteiger partial charge in [-0.05, 0) is 36.4 Å². The van der Waals surface area contributed by atoms with Crippen molar-refractivity contribution >= 4 is 11.6 Å². The quantitative estimate of drug-likeness (QED) is 0.658. The van der Waals surface area contributed by atoms with Crippen LogP contribution in [0.15, 0.2) is 53.1 Å². The molecule has 0 aliphatic rings. The van der Waals surface area contributed by atoms with Crippen LogP contribution >= 0.6 is 0 Å². The molecule has 0 bridgehead atoms. The number of nitrogens with zero attached hydrogens (tertiary/aromatic N) is 2. The summed E-state index contributed by atoms with van der Waals surface area (Å²) in [7, 11) is 0. The highest BCUT2D eigenvalue weighted by Gasteiger charge is 2.42. The highest BCUT2D eigenvalue weighted by molar-refractivity contribution is 6.02. The molecule has 27 heavy (non-hydrogen) atoms. The van der Waals surface area contributed by atoms with Crippen LogP contribution in [0.2, 0.25) is 0 Å². The molecule has 0 saturated carbocycles. The van der Waals surface area contributed by atoms with Gasteiger partial charge in [-0.2, -0.15) is 31.4 Å². The third kappa shape index (κ3) is 3.96. The molecule has 0 spiro atoms. The zero-order chi connectivity index (χ0) is 19.8. The summed E-state index contributed by atoms with van der Waals surface area (Å²) in [5, 5.41) is 5.45. The Bertz CT molecular complexity index is 940. The maximum absolute atomic E-state index is 13.0. The topological polar surface area (TPSA) is 60.1 Å². The van der Waals surface area contributed by atoms with Gasteiger partial charge in [-0.25, -0.2) is 4.68 Å². The number of furan rings is 1. The molecule has 1 N–H and O–H groups in total. The Kier molecular flexibility index (Phi) is 4.46. The number of benzene rings is 1. The number of alkyl halides is 6. The second-order valence-electron chi connectivity index (χ2n) is 5.30. The van der Waals surface area contributed by atoms with Crippen LogP contribution in [0.25, 0.3) is 5.69 Å². The van der Waals surface area contributed by atoms with Gasteiger partial charge in [-0.1, -0.05) is 0 Å². The third-order valence-corrected chi connectivity index (χ3v) is 3.40. The molecule has 142 valence electrons. The lowest BCUT2D eigenvalue weighted by molar-refractivity contribution is -0.143. The van der Waals surface area contributed by atoms with Crippen molar-refractivity contribution in [2.24, 2.45) is 0 Å². The SMILES string of the molecule is O=C(Nc1ccc(-n2nc(C(F)(F)F)cc2C(F)(F)F)cc1)c1ccco1. The van der Waals surface area contributed by atoms with E-state index in [-0.39, 0.29) is 27.9 Å². The normalized spacial score (nSPS) is 12.2. The lowest BCUT2D eigenvalue weighted by atomic mass is 10.2. The van der Waals surface area contributed by atoms with Crippen LogP contribution in [0.1, 0.15) is 21.9 Å². The van der Waals surface area contributed by atoms with Crippen molar-refractivity contribution < 1.29 is 35.6 Å². The van der Waals surface area contributed by atoms with Gasteiger partial charge in [0.25, 0.3) is 5.91 Å². The van der Waals surface area contributed by atoms with E-state index in [1.54, 1.807) is 0 Å². The van der Waals surface area contributed by atoms with Gasteiger partial charge in [0.05, 0.1) is 12.0 Å². The summed E-state index contributed by atoms with van der Waals surface area (Å²) in [5.41, 5.74) is -3.28. The van der Waals surface area contributed by atoms with Gasteiger partial charge >= 0.3 is 12.4 Å². The molecule has 0 atom stereocenters. The van der Waals surface area contributed by atoms with Crippen LogP contribution in [0.5, 0.6) is 0 Å². The Morgan fingerprint density at radius 1 is 1.00 bits per heavy atom. The second-order valence-corrected chi connectivity index (χ2v) is 5.30. The Hall–Kier alpha value is -3.24. The van der Waals surface area contributed by atoms with Crippen LogP contribution in [0.3, 0.4) is 0 Å². The predicted octanol–water partition coefficient (Wildman–Crippen LogP) is 4.76. The number of amides is 1. The maximum Gasteiger partial charge on any atom is 0.435 e. The van der Waals surface area contributed by atoms with Crippen molar-refractivity contribution in [1.29, 1.82) is 0 Å². The van der Waals surface area contributed by atoms with Crippen molar-refractivity contribution in [2.45, 2.75) is 12.4 Å². The Morgan fingerprint density at radius 2 is 1.67 bits per heavy atom.